The van der Waals surface area contributed by atoms with Crippen LogP contribution in [0.3, 0.4) is 0 Å². The lowest BCUT2D eigenvalue weighted by Gasteiger charge is -2.28. The fourth-order valence-electron chi connectivity index (χ4n) is 3.55. The molecule has 3 nitrogen and oxygen atoms in total. The van der Waals surface area contributed by atoms with Crippen molar-refractivity contribution in [3.8, 4) is 0 Å². The maximum atomic E-state index is 6.02. The monoisotopic (exact) mass is 267 g/mol. The smallest absolute Gasteiger partial charge is 0.0600 e. The van der Waals surface area contributed by atoms with Gasteiger partial charge in [-0.1, -0.05) is 0 Å². The molecule has 0 aromatic heterocycles. The zero-order valence-electron chi connectivity index (χ0n) is 12.3. The van der Waals surface area contributed by atoms with Gasteiger partial charge in [0.05, 0.1) is 18.8 Å². The highest BCUT2D eigenvalue weighted by atomic mass is 16.5. The summed E-state index contributed by atoms with van der Waals surface area (Å²) < 4.78 is 11.5. The Morgan fingerprint density at radius 1 is 1.00 bits per heavy atom. The third-order valence-corrected chi connectivity index (χ3v) is 5.01. The van der Waals surface area contributed by atoms with E-state index in [2.05, 4.69) is 5.32 Å². The minimum Gasteiger partial charge on any atom is -0.381 e. The summed E-state index contributed by atoms with van der Waals surface area (Å²) >= 11 is 0. The van der Waals surface area contributed by atoms with Gasteiger partial charge in [-0.05, 0) is 63.2 Å². The average molecular weight is 267 g/mol. The fourth-order valence-corrected chi connectivity index (χ4v) is 3.55. The summed E-state index contributed by atoms with van der Waals surface area (Å²) in [5.74, 6) is 1.97. The highest BCUT2D eigenvalue weighted by Crippen LogP contribution is 2.44. The van der Waals surface area contributed by atoms with Crippen LogP contribution in [0.5, 0.6) is 0 Å². The van der Waals surface area contributed by atoms with Crippen molar-refractivity contribution in [1.29, 1.82) is 0 Å². The van der Waals surface area contributed by atoms with E-state index in [1.807, 2.05) is 7.11 Å². The minimum absolute atomic E-state index is 0.428. The molecule has 3 heteroatoms. The molecule has 2 unspecified atom stereocenters. The highest BCUT2D eigenvalue weighted by molar-refractivity contribution is 4.96. The van der Waals surface area contributed by atoms with E-state index in [-0.39, 0.29) is 0 Å². The number of nitrogens with one attached hydrogen (secondary N) is 1. The first kappa shape index (κ1) is 13.8. The Hall–Kier alpha value is -0.120. The molecule has 0 saturated heterocycles. The summed E-state index contributed by atoms with van der Waals surface area (Å²) in [6, 6.07) is 0.807. The topological polar surface area (TPSA) is 30.5 Å². The lowest BCUT2D eigenvalue weighted by molar-refractivity contribution is -0.0287. The van der Waals surface area contributed by atoms with Crippen molar-refractivity contribution in [2.45, 2.75) is 69.6 Å². The minimum atomic E-state index is 0.428. The van der Waals surface area contributed by atoms with Crippen LogP contribution >= 0.6 is 0 Å². The molecule has 19 heavy (non-hydrogen) atoms. The van der Waals surface area contributed by atoms with Gasteiger partial charge in [-0.2, -0.15) is 0 Å². The van der Waals surface area contributed by atoms with Crippen LogP contribution in [0.2, 0.25) is 0 Å². The predicted molar refractivity (Wildman–Crippen MR) is 76.2 cm³/mol. The molecule has 0 amide bonds. The van der Waals surface area contributed by atoms with E-state index in [9.17, 15) is 0 Å². The van der Waals surface area contributed by atoms with Crippen molar-refractivity contribution in [2.24, 2.45) is 11.8 Å². The van der Waals surface area contributed by atoms with Crippen molar-refractivity contribution >= 4 is 0 Å². The van der Waals surface area contributed by atoms with Crippen LogP contribution in [0.25, 0.3) is 0 Å². The van der Waals surface area contributed by atoms with Crippen molar-refractivity contribution in [2.75, 3.05) is 20.3 Å². The van der Waals surface area contributed by atoms with Crippen LogP contribution in [0.15, 0.2) is 0 Å². The van der Waals surface area contributed by atoms with Crippen molar-refractivity contribution < 1.29 is 9.47 Å². The summed E-state index contributed by atoms with van der Waals surface area (Å²) in [6.45, 7) is 1.91. The molecule has 0 aromatic rings. The average Bonchev–Trinajstić information content (AvgIpc) is 3.31. The standard InChI is InChI=1S/C16H29NO2/c1-18-14-3-2-4-15(11-14)19-10-9-17-16(12-5-6-12)13-7-8-13/h12-17H,2-11H2,1H3. The van der Waals surface area contributed by atoms with Gasteiger partial charge in [-0.3, -0.25) is 0 Å². The Morgan fingerprint density at radius 2 is 1.68 bits per heavy atom. The first-order chi connectivity index (χ1) is 9.36. The zero-order chi connectivity index (χ0) is 13.1. The molecule has 3 aliphatic rings. The number of hydrogen-bond donors (Lipinski definition) is 1. The molecule has 2 atom stereocenters. The molecular weight excluding hydrogens is 238 g/mol. The number of methoxy groups -OCH3 is 1. The first-order valence-corrected chi connectivity index (χ1v) is 8.24. The van der Waals surface area contributed by atoms with Crippen molar-refractivity contribution in [3.05, 3.63) is 0 Å². The SMILES string of the molecule is COC1CCCC(OCCNC(C2CC2)C2CC2)C1. The Labute approximate surface area is 117 Å². The van der Waals surface area contributed by atoms with Gasteiger partial charge < -0.3 is 14.8 Å². The Kier molecular flexibility index (Phi) is 4.78. The van der Waals surface area contributed by atoms with Gasteiger partial charge in [0.15, 0.2) is 0 Å². The maximum absolute atomic E-state index is 6.02. The van der Waals surface area contributed by atoms with Crippen LogP contribution < -0.4 is 5.32 Å². The maximum Gasteiger partial charge on any atom is 0.0600 e. The summed E-state index contributed by atoms with van der Waals surface area (Å²) in [4.78, 5) is 0. The van der Waals surface area contributed by atoms with Crippen LogP contribution in [0, 0.1) is 11.8 Å². The molecule has 0 heterocycles. The second-order valence-corrected chi connectivity index (χ2v) is 6.67. The molecule has 110 valence electrons. The normalized spacial score (nSPS) is 31.9. The first-order valence-electron chi connectivity index (χ1n) is 8.24. The molecule has 0 bridgehead atoms. The van der Waals surface area contributed by atoms with E-state index in [0.717, 1.165) is 37.5 Å². The zero-order valence-corrected chi connectivity index (χ0v) is 12.3. The van der Waals surface area contributed by atoms with E-state index in [4.69, 9.17) is 9.47 Å². The van der Waals surface area contributed by atoms with Gasteiger partial charge in [0.25, 0.3) is 0 Å². The van der Waals surface area contributed by atoms with Crippen LogP contribution in [-0.4, -0.2) is 38.5 Å². The fraction of sp³-hybridized carbons (Fsp3) is 1.00. The molecule has 3 fully saturated rings. The van der Waals surface area contributed by atoms with Crippen molar-refractivity contribution in [3.63, 3.8) is 0 Å². The predicted octanol–water partition coefficient (Wildman–Crippen LogP) is 2.74. The summed E-state index contributed by atoms with van der Waals surface area (Å²) in [7, 11) is 1.82. The second-order valence-electron chi connectivity index (χ2n) is 6.67. The van der Waals surface area contributed by atoms with Gasteiger partial charge in [0, 0.05) is 19.7 Å². The molecule has 1 N–H and O–H groups in total. The third kappa shape index (κ3) is 4.17. The number of hydrogen-bond acceptors (Lipinski definition) is 3. The van der Waals surface area contributed by atoms with Crippen LogP contribution in [0.1, 0.15) is 51.4 Å². The molecule has 0 spiro atoms. The van der Waals surface area contributed by atoms with E-state index in [0.29, 0.717) is 12.2 Å². The Bertz CT molecular complexity index is 264. The van der Waals surface area contributed by atoms with E-state index < -0.39 is 0 Å². The van der Waals surface area contributed by atoms with Gasteiger partial charge in [-0.15, -0.1) is 0 Å². The molecule has 0 aliphatic heterocycles. The van der Waals surface area contributed by atoms with Crippen LogP contribution in [-0.2, 0) is 9.47 Å². The molecule has 3 aliphatic carbocycles. The summed E-state index contributed by atoms with van der Waals surface area (Å²) in [5.41, 5.74) is 0. The molecular formula is C16H29NO2. The molecule has 0 radical (unpaired) electrons. The summed E-state index contributed by atoms with van der Waals surface area (Å²) in [5, 5.41) is 3.75. The molecule has 0 aromatic carbocycles. The van der Waals surface area contributed by atoms with Crippen molar-refractivity contribution in [1.82, 2.24) is 5.32 Å². The van der Waals surface area contributed by atoms with Gasteiger partial charge in [-0.25, -0.2) is 0 Å². The third-order valence-electron chi connectivity index (χ3n) is 5.01. The van der Waals surface area contributed by atoms with E-state index in [1.54, 1.807) is 0 Å². The van der Waals surface area contributed by atoms with Gasteiger partial charge >= 0.3 is 0 Å². The number of ether oxygens (including phenoxy) is 2. The molecule has 3 saturated carbocycles. The molecule has 3 rings (SSSR count). The van der Waals surface area contributed by atoms with Gasteiger partial charge in [0.1, 0.15) is 0 Å². The second kappa shape index (κ2) is 6.55. The van der Waals surface area contributed by atoms with E-state index >= 15 is 0 Å². The Morgan fingerprint density at radius 3 is 2.32 bits per heavy atom. The lowest BCUT2D eigenvalue weighted by atomic mass is 9.95. The largest absolute Gasteiger partial charge is 0.381 e. The lowest BCUT2D eigenvalue weighted by Crippen LogP contribution is -2.37. The highest BCUT2D eigenvalue weighted by Gasteiger charge is 2.40. The quantitative estimate of drug-likeness (QED) is 0.686. The Balaban J connectivity index is 1.29. The van der Waals surface area contributed by atoms with Gasteiger partial charge in [0.2, 0.25) is 0 Å². The summed E-state index contributed by atoms with van der Waals surface area (Å²) in [6.07, 6.45) is 11.4. The van der Waals surface area contributed by atoms with E-state index in [1.165, 1.54) is 44.9 Å². The van der Waals surface area contributed by atoms with Crippen LogP contribution in [0.4, 0.5) is 0 Å². The number of rotatable bonds is 8.